The van der Waals surface area contributed by atoms with Gasteiger partial charge in [0.25, 0.3) is 0 Å². The van der Waals surface area contributed by atoms with Gasteiger partial charge in [0.15, 0.2) is 0 Å². The van der Waals surface area contributed by atoms with E-state index in [9.17, 15) is 31.6 Å². The number of halogens is 2. The molecule has 1 fully saturated rings. The highest BCUT2D eigenvalue weighted by atomic mass is 32.2. The van der Waals surface area contributed by atoms with Gasteiger partial charge in [-0.15, -0.1) is 0 Å². The lowest BCUT2D eigenvalue weighted by Gasteiger charge is -2.16. The molecule has 1 aromatic carbocycles. The van der Waals surface area contributed by atoms with E-state index in [0.717, 1.165) is 24.3 Å². The van der Waals surface area contributed by atoms with E-state index >= 15 is 0 Å². The standard InChI is InChI=1S/C17H17F2NO7S2/c1-26-15(22)9-14-20(13(21)10-28-14)7-2-8-27-16(23)11-3-5-12(6-4-11)29(24,25)17(18)19/h3-6,9,17H,2,7-8,10H2,1H3/b14-9+. The van der Waals surface area contributed by atoms with Crippen LogP contribution in [0.5, 0.6) is 0 Å². The summed E-state index contributed by atoms with van der Waals surface area (Å²) in [5.74, 6) is -4.90. The normalized spacial score (nSPS) is 15.8. The van der Waals surface area contributed by atoms with Gasteiger partial charge in [-0.05, 0) is 30.7 Å². The Hall–Kier alpha value is -2.47. The molecule has 0 atom stereocenters. The van der Waals surface area contributed by atoms with Gasteiger partial charge in [-0.2, -0.15) is 8.78 Å². The van der Waals surface area contributed by atoms with E-state index in [1.54, 1.807) is 0 Å². The highest BCUT2D eigenvalue weighted by Crippen LogP contribution is 2.28. The van der Waals surface area contributed by atoms with Crippen LogP contribution in [0.15, 0.2) is 40.3 Å². The molecule has 1 saturated heterocycles. The minimum absolute atomic E-state index is 0.00250. The van der Waals surface area contributed by atoms with Crippen LogP contribution in [0.25, 0.3) is 0 Å². The van der Waals surface area contributed by atoms with Gasteiger partial charge in [-0.1, -0.05) is 11.8 Å². The Morgan fingerprint density at radius 3 is 2.52 bits per heavy atom. The maximum atomic E-state index is 12.5. The van der Waals surface area contributed by atoms with Crippen LogP contribution in [-0.2, 0) is 28.9 Å². The van der Waals surface area contributed by atoms with Crippen molar-refractivity contribution in [3.8, 4) is 0 Å². The number of hydrogen-bond acceptors (Lipinski definition) is 8. The molecule has 0 bridgehead atoms. The Balaban J connectivity index is 1.88. The molecule has 0 radical (unpaired) electrons. The Morgan fingerprint density at radius 2 is 1.93 bits per heavy atom. The van der Waals surface area contributed by atoms with Crippen LogP contribution >= 0.6 is 11.8 Å². The predicted octanol–water partition coefficient (Wildman–Crippen LogP) is 1.82. The van der Waals surface area contributed by atoms with Crippen molar-refractivity contribution < 1.29 is 41.1 Å². The second-order valence-corrected chi connectivity index (χ2v) is 8.57. The average Bonchev–Trinajstić information content (AvgIpc) is 3.04. The third-order valence-corrected chi connectivity index (χ3v) is 6.19. The van der Waals surface area contributed by atoms with Gasteiger partial charge < -0.3 is 14.4 Å². The van der Waals surface area contributed by atoms with Crippen molar-refractivity contribution in [3.63, 3.8) is 0 Å². The van der Waals surface area contributed by atoms with Crippen molar-refractivity contribution in [1.29, 1.82) is 0 Å². The molecule has 1 aliphatic rings. The maximum absolute atomic E-state index is 12.5. The second kappa shape index (κ2) is 9.83. The molecule has 29 heavy (non-hydrogen) atoms. The number of thioether (sulfide) groups is 1. The molecule has 0 saturated carbocycles. The number of methoxy groups -OCH3 is 1. The molecular weight excluding hydrogens is 432 g/mol. The number of benzene rings is 1. The molecule has 1 aliphatic heterocycles. The summed E-state index contributed by atoms with van der Waals surface area (Å²) in [4.78, 5) is 35.9. The fraction of sp³-hybridized carbons (Fsp3) is 0.353. The third-order valence-electron chi connectivity index (χ3n) is 3.77. The molecule has 12 heteroatoms. The van der Waals surface area contributed by atoms with Crippen LogP contribution in [0.2, 0.25) is 0 Å². The first kappa shape index (κ1) is 22.8. The minimum atomic E-state index is -4.73. The van der Waals surface area contributed by atoms with Crippen LogP contribution in [0, 0.1) is 0 Å². The highest BCUT2D eigenvalue weighted by molar-refractivity contribution is 8.04. The zero-order valence-corrected chi connectivity index (χ0v) is 16.8. The summed E-state index contributed by atoms with van der Waals surface area (Å²) in [6.45, 7) is 0.170. The SMILES string of the molecule is COC(=O)/C=C1/SCC(=O)N1CCCOC(=O)c1ccc(S(=O)(=O)C(F)F)cc1. The van der Waals surface area contributed by atoms with E-state index in [4.69, 9.17) is 4.74 Å². The third kappa shape index (κ3) is 5.76. The minimum Gasteiger partial charge on any atom is -0.466 e. The fourth-order valence-electron chi connectivity index (χ4n) is 2.28. The van der Waals surface area contributed by atoms with E-state index in [-0.39, 0.29) is 36.8 Å². The number of sulfone groups is 1. The van der Waals surface area contributed by atoms with Gasteiger partial charge in [0.05, 0.1) is 41.0 Å². The highest BCUT2D eigenvalue weighted by Gasteiger charge is 2.28. The Bertz CT molecular complexity index is 914. The second-order valence-electron chi connectivity index (χ2n) is 5.66. The predicted molar refractivity (Wildman–Crippen MR) is 98.8 cm³/mol. The van der Waals surface area contributed by atoms with Gasteiger partial charge >= 0.3 is 17.7 Å². The lowest BCUT2D eigenvalue weighted by molar-refractivity contribution is -0.134. The van der Waals surface area contributed by atoms with Gasteiger partial charge in [-0.25, -0.2) is 18.0 Å². The van der Waals surface area contributed by atoms with E-state index in [0.29, 0.717) is 5.03 Å². The molecule has 0 unspecified atom stereocenters. The van der Waals surface area contributed by atoms with Crippen molar-refractivity contribution in [2.75, 3.05) is 26.0 Å². The fourth-order valence-corrected chi connectivity index (χ4v) is 3.96. The van der Waals surface area contributed by atoms with E-state index in [1.165, 1.54) is 29.8 Å². The van der Waals surface area contributed by atoms with E-state index in [2.05, 4.69) is 4.74 Å². The molecule has 0 aliphatic carbocycles. The molecule has 1 amide bonds. The first-order valence-electron chi connectivity index (χ1n) is 8.19. The summed E-state index contributed by atoms with van der Waals surface area (Å²) < 4.78 is 57.3. The monoisotopic (exact) mass is 449 g/mol. The molecule has 0 spiro atoms. The van der Waals surface area contributed by atoms with Gasteiger partial charge in [-0.3, -0.25) is 4.79 Å². The number of rotatable bonds is 8. The lowest BCUT2D eigenvalue weighted by atomic mass is 10.2. The zero-order valence-electron chi connectivity index (χ0n) is 15.2. The van der Waals surface area contributed by atoms with Crippen LogP contribution < -0.4 is 0 Å². The Labute approximate surface area is 169 Å². The zero-order chi connectivity index (χ0) is 21.6. The van der Waals surface area contributed by atoms with E-state index in [1.807, 2.05) is 0 Å². The summed E-state index contributed by atoms with van der Waals surface area (Å²) >= 11 is 1.20. The van der Waals surface area contributed by atoms with Crippen LogP contribution in [0.3, 0.4) is 0 Å². The van der Waals surface area contributed by atoms with Crippen LogP contribution in [0.1, 0.15) is 16.8 Å². The van der Waals surface area contributed by atoms with Gasteiger partial charge in [0.1, 0.15) is 0 Å². The number of hydrogen-bond donors (Lipinski definition) is 0. The quantitative estimate of drug-likeness (QED) is 0.336. The summed E-state index contributed by atoms with van der Waals surface area (Å²) in [6, 6.07) is 3.97. The largest absolute Gasteiger partial charge is 0.466 e. The van der Waals surface area contributed by atoms with E-state index < -0.39 is 32.4 Å². The molecule has 1 heterocycles. The molecule has 1 aromatic rings. The molecule has 0 N–H and O–H groups in total. The van der Waals surface area contributed by atoms with Crippen molar-refractivity contribution in [2.24, 2.45) is 0 Å². The van der Waals surface area contributed by atoms with Crippen molar-refractivity contribution in [3.05, 3.63) is 40.9 Å². The molecule has 2 rings (SSSR count). The Kier molecular flexibility index (Phi) is 7.73. The topological polar surface area (TPSA) is 107 Å². The lowest BCUT2D eigenvalue weighted by Crippen LogP contribution is -2.27. The molecule has 158 valence electrons. The summed E-state index contributed by atoms with van der Waals surface area (Å²) in [7, 11) is -3.51. The smallest absolute Gasteiger partial charge is 0.341 e. The number of ether oxygens (including phenoxy) is 2. The van der Waals surface area contributed by atoms with Gasteiger partial charge in [0, 0.05) is 6.54 Å². The number of carbonyl (C=O) groups excluding carboxylic acids is 3. The first-order chi connectivity index (χ1) is 13.7. The van der Waals surface area contributed by atoms with Crippen molar-refractivity contribution in [2.45, 2.75) is 17.1 Å². The molecule has 8 nitrogen and oxygen atoms in total. The van der Waals surface area contributed by atoms with Crippen molar-refractivity contribution in [1.82, 2.24) is 4.90 Å². The van der Waals surface area contributed by atoms with Crippen LogP contribution in [-0.4, -0.2) is 62.9 Å². The number of carbonyl (C=O) groups is 3. The van der Waals surface area contributed by atoms with Gasteiger partial charge in [0.2, 0.25) is 15.7 Å². The molecule has 0 aromatic heterocycles. The summed E-state index contributed by atoms with van der Waals surface area (Å²) in [5.41, 5.74) is -0.00250. The number of alkyl halides is 2. The number of amides is 1. The Morgan fingerprint density at radius 1 is 1.28 bits per heavy atom. The summed E-state index contributed by atoms with van der Waals surface area (Å²) in [5, 5.41) is 0.448. The maximum Gasteiger partial charge on any atom is 0.341 e. The number of esters is 2. The summed E-state index contributed by atoms with van der Waals surface area (Å²) in [6.07, 6.45) is 1.49. The van der Waals surface area contributed by atoms with Crippen LogP contribution in [0.4, 0.5) is 8.78 Å². The number of nitrogens with zero attached hydrogens (tertiary/aromatic N) is 1. The molecular formula is C17H17F2NO7S2. The first-order valence-corrected chi connectivity index (χ1v) is 10.7. The average molecular weight is 449 g/mol. The van der Waals surface area contributed by atoms with Crippen molar-refractivity contribution >= 4 is 39.4 Å².